The van der Waals surface area contributed by atoms with E-state index in [0.29, 0.717) is 29.7 Å². The van der Waals surface area contributed by atoms with Crippen molar-refractivity contribution in [3.63, 3.8) is 0 Å². The maximum Gasteiger partial charge on any atom is 0.279 e. The largest absolute Gasteiger partial charge is 0.481 e. The molecule has 2 aromatic carbocycles. The van der Waals surface area contributed by atoms with Crippen LogP contribution < -0.4 is 20.9 Å². The Labute approximate surface area is 256 Å². The molecule has 1 fully saturated rings. The Morgan fingerprint density at radius 1 is 1.16 bits per heavy atom. The third-order valence-corrected chi connectivity index (χ3v) is 7.97. The Morgan fingerprint density at radius 2 is 1.88 bits per heavy atom. The van der Waals surface area contributed by atoms with Gasteiger partial charge in [-0.15, -0.1) is 0 Å². The number of carbonyl (C=O) groups is 1. The van der Waals surface area contributed by atoms with E-state index in [1.807, 2.05) is 0 Å². The van der Waals surface area contributed by atoms with E-state index < -0.39 is 23.4 Å². The first kappa shape index (κ1) is 30.6. The highest BCUT2D eigenvalue weighted by Crippen LogP contribution is 2.41. The van der Waals surface area contributed by atoms with E-state index in [9.17, 15) is 14.7 Å². The molecule has 1 aliphatic rings. The molecule has 43 heavy (non-hydrogen) atoms. The highest BCUT2D eigenvalue weighted by molar-refractivity contribution is 6.39. The van der Waals surface area contributed by atoms with E-state index in [1.54, 1.807) is 36.4 Å². The summed E-state index contributed by atoms with van der Waals surface area (Å²) in [5.41, 5.74) is 1.52. The standard InChI is InChI=1S/C30H28Cl2FN5O5/c1-38-30(41)19(9-11-35-38)28(40)36-23-8-4-6-17(27(23)32)16-5-3-7-18(26(16)31)24-13-21(33)20(29(37-24)42-2)14-34-22-10-12-43-15-25(22)39/h3-9,11,13,22,25,34,39H,10,12,14-15H2,1-2H3,(H,36,40)/t22-,25+/m1/s1. The number of hydrogen-bond acceptors (Lipinski definition) is 8. The number of nitrogens with one attached hydrogen (secondary N) is 2. The van der Waals surface area contributed by atoms with E-state index in [-0.39, 0.29) is 57.6 Å². The topological polar surface area (TPSA) is 128 Å². The van der Waals surface area contributed by atoms with Crippen molar-refractivity contribution in [1.29, 1.82) is 0 Å². The number of nitrogens with zero attached hydrogens (tertiary/aromatic N) is 3. The third-order valence-electron chi connectivity index (χ3n) is 7.15. The lowest BCUT2D eigenvalue weighted by atomic mass is 10.00. The van der Waals surface area contributed by atoms with E-state index in [4.69, 9.17) is 32.7 Å². The molecule has 1 aliphatic heterocycles. The van der Waals surface area contributed by atoms with Gasteiger partial charge >= 0.3 is 0 Å². The van der Waals surface area contributed by atoms with Crippen LogP contribution in [0.25, 0.3) is 22.4 Å². The van der Waals surface area contributed by atoms with Crippen molar-refractivity contribution in [2.45, 2.75) is 25.1 Å². The molecule has 3 heterocycles. The summed E-state index contributed by atoms with van der Waals surface area (Å²) in [6.45, 7) is 0.815. The highest BCUT2D eigenvalue weighted by Gasteiger charge is 2.25. The van der Waals surface area contributed by atoms with Gasteiger partial charge in [0.25, 0.3) is 11.5 Å². The minimum atomic E-state index is -0.696. The molecular weight excluding hydrogens is 600 g/mol. The summed E-state index contributed by atoms with van der Waals surface area (Å²) in [5, 5.41) is 20.3. The van der Waals surface area contributed by atoms with Gasteiger partial charge in [-0.1, -0.05) is 53.5 Å². The van der Waals surface area contributed by atoms with Crippen LogP contribution in [-0.2, 0) is 18.3 Å². The third kappa shape index (κ3) is 6.41. The number of anilines is 1. The van der Waals surface area contributed by atoms with Gasteiger partial charge in [0.15, 0.2) is 0 Å². The van der Waals surface area contributed by atoms with Gasteiger partial charge in [-0.2, -0.15) is 5.10 Å². The van der Waals surface area contributed by atoms with E-state index in [0.717, 1.165) is 4.68 Å². The summed E-state index contributed by atoms with van der Waals surface area (Å²) >= 11 is 13.6. The molecule has 4 aromatic rings. The first-order valence-electron chi connectivity index (χ1n) is 13.3. The SMILES string of the molecule is COc1nc(-c2cccc(-c3cccc(NC(=O)c4ccnn(C)c4=O)c3Cl)c2Cl)cc(F)c1CN[C@@H]1CCOC[C@@H]1O. The molecule has 2 aromatic heterocycles. The summed E-state index contributed by atoms with van der Waals surface area (Å²) in [6.07, 6.45) is 1.25. The van der Waals surface area contributed by atoms with Crippen LogP contribution in [0.1, 0.15) is 22.3 Å². The van der Waals surface area contributed by atoms with Gasteiger partial charge in [0.1, 0.15) is 11.4 Å². The molecule has 224 valence electrons. The Bertz CT molecular complexity index is 1730. The number of amides is 1. The number of benzene rings is 2. The number of ether oxygens (including phenoxy) is 2. The maximum absolute atomic E-state index is 15.4. The Balaban J connectivity index is 1.44. The zero-order valence-corrected chi connectivity index (χ0v) is 24.7. The van der Waals surface area contributed by atoms with Crippen molar-refractivity contribution in [1.82, 2.24) is 20.1 Å². The van der Waals surface area contributed by atoms with Crippen LogP contribution >= 0.6 is 23.2 Å². The van der Waals surface area contributed by atoms with Gasteiger partial charge in [-0.05, 0) is 18.6 Å². The number of aromatic nitrogens is 3. The lowest BCUT2D eigenvalue weighted by Crippen LogP contribution is -2.46. The molecule has 0 radical (unpaired) electrons. The molecular formula is C30H28Cl2FN5O5. The molecule has 5 rings (SSSR count). The summed E-state index contributed by atoms with van der Waals surface area (Å²) in [6, 6.07) is 12.5. The first-order valence-corrected chi connectivity index (χ1v) is 14.1. The predicted molar refractivity (Wildman–Crippen MR) is 161 cm³/mol. The second-order valence-electron chi connectivity index (χ2n) is 9.86. The monoisotopic (exact) mass is 627 g/mol. The molecule has 0 bridgehead atoms. The molecule has 0 aliphatic carbocycles. The molecule has 3 N–H and O–H groups in total. The smallest absolute Gasteiger partial charge is 0.279 e. The molecule has 10 nitrogen and oxygen atoms in total. The summed E-state index contributed by atoms with van der Waals surface area (Å²) in [5.74, 6) is -1.12. The number of hydrogen-bond donors (Lipinski definition) is 3. The van der Waals surface area contributed by atoms with Crippen LogP contribution in [0.15, 0.2) is 59.5 Å². The van der Waals surface area contributed by atoms with Crippen LogP contribution in [0.3, 0.4) is 0 Å². The number of pyridine rings is 1. The molecule has 13 heteroatoms. The van der Waals surface area contributed by atoms with Crippen LogP contribution in [0.2, 0.25) is 10.0 Å². The lowest BCUT2D eigenvalue weighted by molar-refractivity contribution is -0.0281. The van der Waals surface area contributed by atoms with Crippen molar-refractivity contribution in [3.05, 3.63) is 92.1 Å². The fourth-order valence-electron chi connectivity index (χ4n) is 4.82. The molecule has 0 spiro atoms. The van der Waals surface area contributed by atoms with Crippen molar-refractivity contribution < 1.29 is 23.8 Å². The molecule has 1 saturated heterocycles. The minimum Gasteiger partial charge on any atom is -0.481 e. The zero-order chi connectivity index (χ0) is 30.7. The van der Waals surface area contributed by atoms with Gasteiger partial charge in [0, 0.05) is 55.2 Å². The van der Waals surface area contributed by atoms with Crippen LogP contribution in [0.5, 0.6) is 5.88 Å². The quantitative estimate of drug-likeness (QED) is 0.261. The molecule has 1 amide bonds. The Morgan fingerprint density at radius 3 is 2.63 bits per heavy atom. The van der Waals surface area contributed by atoms with Crippen molar-refractivity contribution in [2.24, 2.45) is 7.05 Å². The molecule has 0 unspecified atom stereocenters. The Kier molecular flexibility index (Phi) is 9.38. The average Bonchev–Trinajstić information content (AvgIpc) is 2.99. The molecule has 2 atom stereocenters. The second kappa shape index (κ2) is 13.2. The van der Waals surface area contributed by atoms with Crippen LogP contribution in [0.4, 0.5) is 10.1 Å². The van der Waals surface area contributed by atoms with Crippen LogP contribution in [0, 0.1) is 5.82 Å². The predicted octanol–water partition coefficient (Wildman–Crippen LogP) is 4.46. The number of halogens is 3. The lowest BCUT2D eigenvalue weighted by Gasteiger charge is -2.28. The first-order chi connectivity index (χ1) is 20.7. The molecule has 0 saturated carbocycles. The van der Waals surface area contributed by atoms with Crippen molar-refractivity contribution in [3.8, 4) is 28.3 Å². The van der Waals surface area contributed by atoms with Gasteiger partial charge in [-0.3, -0.25) is 9.59 Å². The van der Waals surface area contributed by atoms with E-state index in [1.165, 1.54) is 32.5 Å². The van der Waals surface area contributed by atoms with Crippen molar-refractivity contribution >= 4 is 34.8 Å². The zero-order valence-electron chi connectivity index (χ0n) is 23.2. The number of aliphatic hydroxyl groups excluding tert-OH is 1. The minimum absolute atomic E-state index is 0.0792. The van der Waals surface area contributed by atoms with Gasteiger partial charge in [0.2, 0.25) is 5.88 Å². The highest BCUT2D eigenvalue weighted by atomic mass is 35.5. The summed E-state index contributed by atoms with van der Waals surface area (Å²) < 4.78 is 27.2. The van der Waals surface area contributed by atoms with Crippen molar-refractivity contribution in [2.75, 3.05) is 25.6 Å². The second-order valence-corrected chi connectivity index (χ2v) is 10.6. The number of carbonyl (C=O) groups excluding carboxylic acids is 1. The number of aryl methyl sites for hydroxylation is 1. The van der Waals surface area contributed by atoms with Gasteiger partial charge in [-0.25, -0.2) is 14.1 Å². The average molecular weight is 628 g/mol. The fraction of sp³-hybridized carbons (Fsp3) is 0.267. The summed E-state index contributed by atoms with van der Waals surface area (Å²) in [7, 11) is 2.85. The maximum atomic E-state index is 15.4. The Hall–Kier alpha value is -3.87. The number of methoxy groups -OCH3 is 1. The van der Waals surface area contributed by atoms with E-state index in [2.05, 4.69) is 20.7 Å². The van der Waals surface area contributed by atoms with Crippen LogP contribution in [-0.4, -0.2) is 58.2 Å². The fourth-order valence-corrected chi connectivity index (χ4v) is 5.42. The summed E-state index contributed by atoms with van der Waals surface area (Å²) in [4.78, 5) is 29.7. The normalized spacial score (nSPS) is 16.6. The van der Waals surface area contributed by atoms with E-state index >= 15 is 4.39 Å². The number of aliphatic hydroxyl groups is 1. The number of rotatable bonds is 8. The van der Waals surface area contributed by atoms with Gasteiger partial charge in [0.05, 0.1) is 46.8 Å². The van der Waals surface area contributed by atoms with Gasteiger partial charge < -0.3 is 25.2 Å².